The molecule has 0 bridgehead atoms. The molecule has 0 atom stereocenters. The van der Waals surface area contributed by atoms with Crippen molar-refractivity contribution in [1.29, 1.82) is 5.26 Å². The Kier molecular flexibility index (Phi) is 8.48. The highest BCUT2D eigenvalue weighted by Crippen LogP contribution is 2.32. The maximum Gasteiger partial charge on any atom is 0.264 e. The number of nitrogens with two attached hydrogens (primary N) is 1. The molecule has 4 nitrogen and oxygen atoms in total. The van der Waals surface area contributed by atoms with Crippen LogP contribution in [0.5, 0.6) is 0 Å². The van der Waals surface area contributed by atoms with Crippen LogP contribution in [0.3, 0.4) is 0 Å². The van der Waals surface area contributed by atoms with E-state index in [0.29, 0.717) is 16.0 Å². The van der Waals surface area contributed by atoms with Crippen LogP contribution in [-0.4, -0.2) is 23.9 Å². The zero-order chi connectivity index (χ0) is 25.5. The van der Waals surface area contributed by atoms with Gasteiger partial charge in [0.05, 0.1) is 16.5 Å². The lowest BCUT2D eigenvalue weighted by molar-refractivity contribution is 0.0617. The predicted molar refractivity (Wildman–Crippen MR) is 145 cm³/mol. The zero-order valence-electron chi connectivity index (χ0n) is 20.4. The number of thiophene rings is 1. The van der Waals surface area contributed by atoms with Gasteiger partial charge in [-0.25, -0.2) is 4.39 Å². The predicted octanol–water partition coefficient (Wildman–Crippen LogP) is 7.13. The Hall–Kier alpha value is -3.53. The minimum absolute atomic E-state index is 0.0237. The van der Waals surface area contributed by atoms with Gasteiger partial charge >= 0.3 is 0 Å². The largest absolute Gasteiger partial charge is 0.333 e. The highest BCUT2D eigenvalue weighted by molar-refractivity contribution is 7.20. The number of halogens is 1. The summed E-state index contributed by atoms with van der Waals surface area (Å²) in [5, 5.41) is 10.3. The first-order valence-electron chi connectivity index (χ1n) is 12.3. The topological polar surface area (TPSA) is 70.1 Å². The Bertz CT molecular complexity index is 1350. The van der Waals surface area contributed by atoms with Gasteiger partial charge in [0, 0.05) is 22.8 Å². The lowest BCUT2D eigenvalue weighted by Gasteiger charge is -2.34. The van der Waals surface area contributed by atoms with E-state index in [0.717, 1.165) is 46.9 Å². The molecule has 6 heteroatoms. The Labute approximate surface area is 215 Å². The zero-order valence-corrected chi connectivity index (χ0v) is 21.2. The van der Waals surface area contributed by atoms with E-state index in [-0.39, 0.29) is 24.3 Å². The van der Waals surface area contributed by atoms with Crippen LogP contribution in [0.15, 0.2) is 72.8 Å². The lowest BCUT2D eigenvalue weighted by atomic mass is 9.93. The molecule has 0 aliphatic heterocycles. The number of benzene rings is 3. The number of carbonyl (C=O) groups is 1. The second kappa shape index (κ2) is 11.9. The number of fused-ring (bicyclic) bond motifs is 1. The fraction of sp³-hybridized carbons (Fsp3) is 0.267. The van der Waals surface area contributed by atoms with Crippen LogP contribution >= 0.6 is 11.3 Å². The monoisotopic (exact) mass is 499 g/mol. The van der Waals surface area contributed by atoms with Gasteiger partial charge in [-0.05, 0) is 72.8 Å². The number of nitrogens with zero attached hydrogens (tertiary/aromatic N) is 2. The second-order valence-electron chi connectivity index (χ2n) is 8.87. The second-order valence-corrected chi connectivity index (χ2v) is 9.96. The standard InChI is InChI=1S/C29H25FN2OS.CH5N/c30-26-14-13-22(21-9-6-7-20(15-21)18-31)16-24(26)19-32(25-10-2-1-3-11-25)29(33)28-17-23-8-4-5-12-27(23)34-28;1-2/h4-9,12-17,25H,1-3,10-11,19H2;2H2,1H3. The van der Waals surface area contributed by atoms with E-state index in [9.17, 15) is 10.1 Å². The van der Waals surface area contributed by atoms with Crippen LogP contribution in [0.2, 0.25) is 0 Å². The summed E-state index contributed by atoms with van der Waals surface area (Å²) in [4.78, 5) is 16.3. The number of hydrogen-bond donors (Lipinski definition) is 1. The molecule has 36 heavy (non-hydrogen) atoms. The van der Waals surface area contributed by atoms with Crippen LogP contribution in [0.4, 0.5) is 4.39 Å². The number of carbonyl (C=O) groups excluding carboxylic acids is 1. The van der Waals surface area contributed by atoms with Crippen molar-refractivity contribution < 1.29 is 9.18 Å². The van der Waals surface area contributed by atoms with Crippen molar-refractivity contribution in [1.82, 2.24) is 4.90 Å². The van der Waals surface area contributed by atoms with Crippen LogP contribution in [0.1, 0.15) is 52.9 Å². The van der Waals surface area contributed by atoms with Crippen molar-refractivity contribution in [3.05, 3.63) is 94.6 Å². The minimum Gasteiger partial charge on any atom is -0.333 e. The third-order valence-electron chi connectivity index (χ3n) is 6.62. The average Bonchev–Trinajstić information content (AvgIpc) is 3.38. The van der Waals surface area contributed by atoms with Gasteiger partial charge < -0.3 is 10.6 Å². The lowest BCUT2D eigenvalue weighted by Crippen LogP contribution is -2.40. The molecular formula is C30H30FN3OS. The molecule has 4 aromatic rings. The summed E-state index contributed by atoms with van der Waals surface area (Å²) < 4.78 is 16.1. The molecule has 0 unspecified atom stereocenters. The Morgan fingerprint density at radius 2 is 1.75 bits per heavy atom. The highest BCUT2D eigenvalue weighted by Gasteiger charge is 2.28. The number of hydrogen-bond acceptors (Lipinski definition) is 4. The molecule has 1 amide bonds. The van der Waals surface area contributed by atoms with E-state index < -0.39 is 0 Å². The summed E-state index contributed by atoms with van der Waals surface area (Å²) in [6.07, 6.45) is 5.25. The van der Waals surface area contributed by atoms with E-state index >= 15 is 4.39 Å². The molecule has 1 fully saturated rings. The van der Waals surface area contributed by atoms with Crippen molar-refractivity contribution in [2.24, 2.45) is 5.73 Å². The van der Waals surface area contributed by atoms with E-state index in [1.165, 1.54) is 30.9 Å². The average molecular weight is 500 g/mol. The summed E-state index contributed by atoms with van der Waals surface area (Å²) in [5.41, 5.74) is 7.26. The molecule has 1 aromatic heterocycles. The quantitative estimate of drug-likeness (QED) is 0.318. The van der Waals surface area contributed by atoms with Crippen LogP contribution in [0, 0.1) is 17.1 Å². The van der Waals surface area contributed by atoms with Gasteiger partial charge in [-0.1, -0.05) is 55.7 Å². The van der Waals surface area contributed by atoms with Crippen LogP contribution < -0.4 is 5.73 Å². The van der Waals surface area contributed by atoms with Crippen LogP contribution in [0.25, 0.3) is 21.2 Å². The number of nitriles is 1. The third kappa shape index (κ3) is 5.64. The van der Waals surface area contributed by atoms with Gasteiger partial charge in [-0.15, -0.1) is 11.3 Å². The Morgan fingerprint density at radius 3 is 2.50 bits per heavy atom. The fourth-order valence-corrected chi connectivity index (χ4v) is 5.83. The molecule has 184 valence electrons. The molecule has 5 rings (SSSR count). The van der Waals surface area contributed by atoms with Crippen molar-refractivity contribution >= 4 is 27.3 Å². The molecule has 0 spiro atoms. The van der Waals surface area contributed by atoms with Crippen molar-refractivity contribution in [3.8, 4) is 17.2 Å². The summed E-state index contributed by atoms with van der Waals surface area (Å²) >= 11 is 1.50. The van der Waals surface area contributed by atoms with Crippen molar-refractivity contribution in [2.45, 2.75) is 44.7 Å². The van der Waals surface area contributed by atoms with Gasteiger partial charge in [0.2, 0.25) is 0 Å². The number of rotatable bonds is 5. The normalized spacial score (nSPS) is 13.5. The van der Waals surface area contributed by atoms with E-state index in [4.69, 9.17) is 0 Å². The molecule has 3 aromatic carbocycles. The molecule has 1 aliphatic carbocycles. The molecular weight excluding hydrogens is 469 g/mol. The van der Waals surface area contributed by atoms with Crippen LogP contribution in [-0.2, 0) is 6.54 Å². The maximum absolute atomic E-state index is 15.0. The Morgan fingerprint density at radius 1 is 1.00 bits per heavy atom. The minimum atomic E-state index is -0.315. The maximum atomic E-state index is 15.0. The molecule has 1 aliphatic rings. The highest BCUT2D eigenvalue weighted by atomic mass is 32.1. The van der Waals surface area contributed by atoms with E-state index in [1.807, 2.05) is 53.4 Å². The van der Waals surface area contributed by atoms with Gasteiger partial charge in [-0.2, -0.15) is 5.26 Å². The van der Waals surface area contributed by atoms with E-state index in [1.54, 1.807) is 18.2 Å². The smallest absolute Gasteiger partial charge is 0.264 e. The van der Waals surface area contributed by atoms with Crippen molar-refractivity contribution in [2.75, 3.05) is 7.05 Å². The van der Waals surface area contributed by atoms with Gasteiger partial charge in [0.25, 0.3) is 5.91 Å². The fourth-order valence-electron chi connectivity index (χ4n) is 4.82. The molecule has 2 N–H and O–H groups in total. The third-order valence-corrected chi connectivity index (χ3v) is 7.73. The first kappa shape index (κ1) is 25.6. The number of amides is 1. The molecule has 1 heterocycles. The first-order valence-corrected chi connectivity index (χ1v) is 13.1. The SMILES string of the molecule is CN.N#Cc1cccc(-c2ccc(F)c(CN(C(=O)c3cc4ccccc4s3)C3CCCCC3)c2)c1. The van der Waals surface area contributed by atoms with Gasteiger partial charge in [0.1, 0.15) is 5.82 Å². The molecule has 0 saturated heterocycles. The molecule has 0 radical (unpaired) electrons. The summed E-state index contributed by atoms with van der Waals surface area (Å²) in [7, 11) is 1.50. The summed E-state index contributed by atoms with van der Waals surface area (Å²) in [6.45, 7) is 0.232. The van der Waals surface area contributed by atoms with Gasteiger partial charge in [0.15, 0.2) is 0 Å². The Balaban J connectivity index is 0.00000148. The van der Waals surface area contributed by atoms with Gasteiger partial charge in [-0.3, -0.25) is 4.79 Å². The molecule has 1 saturated carbocycles. The first-order chi connectivity index (χ1) is 17.6. The van der Waals surface area contributed by atoms with Crippen molar-refractivity contribution in [3.63, 3.8) is 0 Å². The summed E-state index contributed by atoms with van der Waals surface area (Å²) in [5.74, 6) is -0.338. The summed E-state index contributed by atoms with van der Waals surface area (Å²) in [6, 6.07) is 24.5. The van der Waals surface area contributed by atoms with E-state index in [2.05, 4.69) is 11.8 Å².